The van der Waals surface area contributed by atoms with Crippen molar-refractivity contribution >= 4 is 29.5 Å². The number of phenols is 2. The van der Waals surface area contributed by atoms with Gasteiger partial charge in [0.15, 0.2) is 5.78 Å². The Bertz CT molecular complexity index is 897. The zero-order valence-electron chi connectivity index (χ0n) is 13.4. The van der Waals surface area contributed by atoms with Crippen molar-refractivity contribution in [2.75, 3.05) is 0 Å². The van der Waals surface area contributed by atoms with Crippen LogP contribution in [0.3, 0.4) is 0 Å². The normalized spacial score (nSPS) is 11.1. The van der Waals surface area contributed by atoms with E-state index in [9.17, 15) is 15.0 Å². The van der Waals surface area contributed by atoms with Gasteiger partial charge in [0.2, 0.25) is 0 Å². The Balaban J connectivity index is 2.21. The molecule has 5 heteroatoms. The quantitative estimate of drug-likeness (QED) is 0.478. The molecule has 124 valence electrons. The lowest BCUT2D eigenvalue weighted by Gasteiger charge is -2.06. The predicted molar refractivity (Wildman–Crippen MR) is 98.1 cm³/mol. The van der Waals surface area contributed by atoms with Crippen molar-refractivity contribution in [2.45, 2.75) is 26.2 Å². The van der Waals surface area contributed by atoms with Crippen molar-refractivity contribution in [1.29, 1.82) is 0 Å². The van der Waals surface area contributed by atoms with Gasteiger partial charge in [0.05, 0.1) is 11.1 Å². The number of ketones is 1. The summed E-state index contributed by atoms with van der Waals surface area (Å²) in [7, 11) is 0. The number of thiol groups is 1. The second kappa shape index (κ2) is 6.61. The first-order valence-electron chi connectivity index (χ1n) is 7.92. The predicted octanol–water partition coefficient (Wildman–Crippen LogP) is 4.32. The highest BCUT2D eigenvalue weighted by Gasteiger charge is 2.22. The van der Waals surface area contributed by atoms with E-state index in [1.165, 1.54) is 12.1 Å². The fourth-order valence-electron chi connectivity index (χ4n) is 2.90. The molecule has 4 nitrogen and oxygen atoms in total. The van der Waals surface area contributed by atoms with E-state index in [1.54, 1.807) is 34.3 Å². The average molecular weight is 341 g/mol. The van der Waals surface area contributed by atoms with Gasteiger partial charge in [-0.05, 0) is 55.3 Å². The summed E-state index contributed by atoms with van der Waals surface area (Å²) in [4.78, 5) is 13.1. The lowest BCUT2D eigenvalue weighted by molar-refractivity contribution is 0.103. The van der Waals surface area contributed by atoms with Gasteiger partial charge in [0.25, 0.3) is 0 Å². The Labute approximate surface area is 145 Å². The monoisotopic (exact) mass is 341 g/mol. The molecule has 2 N–H and O–H groups in total. The molecular formula is C19H19NO3S. The smallest absolute Gasteiger partial charge is 0.195 e. The number of rotatable bonds is 5. The third-order valence-corrected chi connectivity index (χ3v) is 4.60. The average Bonchev–Trinajstić information content (AvgIpc) is 2.84. The number of hydrogen-bond donors (Lipinski definition) is 3. The molecule has 0 aliphatic heterocycles. The van der Waals surface area contributed by atoms with Crippen molar-refractivity contribution in [1.82, 2.24) is 3.97 Å². The summed E-state index contributed by atoms with van der Waals surface area (Å²) in [6.07, 6.45) is 2.68. The van der Waals surface area contributed by atoms with Crippen LogP contribution in [0.2, 0.25) is 0 Å². The van der Waals surface area contributed by atoms with E-state index in [0.29, 0.717) is 16.5 Å². The molecule has 0 amide bonds. The van der Waals surface area contributed by atoms with Crippen LogP contribution >= 0.6 is 12.8 Å². The Morgan fingerprint density at radius 3 is 2.42 bits per heavy atom. The summed E-state index contributed by atoms with van der Waals surface area (Å²) in [6.45, 7) is 2.10. The van der Waals surface area contributed by atoms with Crippen LogP contribution in [0.15, 0.2) is 42.5 Å². The molecule has 0 saturated heterocycles. The number of carbonyl (C=O) groups excluding carboxylic acids is 1. The Kier molecular flexibility index (Phi) is 4.53. The molecule has 0 aliphatic rings. The third kappa shape index (κ3) is 2.87. The number of unbranched alkanes of at least 4 members (excludes halogenated alkanes) is 1. The van der Waals surface area contributed by atoms with Gasteiger partial charge < -0.3 is 10.2 Å². The lowest BCUT2D eigenvalue weighted by Crippen LogP contribution is -2.05. The summed E-state index contributed by atoms with van der Waals surface area (Å²) < 4.78 is 1.73. The van der Waals surface area contributed by atoms with Crippen LogP contribution in [0.1, 0.15) is 41.4 Å². The largest absolute Gasteiger partial charge is 0.508 e. The number of nitrogens with zero attached hydrogens (tertiary/aromatic N) is 1. The zero-order valence-corrected chi connectivity index (χ0v) is 14.3. The highest BCUT2D eigenvalue weighted by atomic mass is 32.1. The molecule has 0 bridgehead atoms. The van der Waals surface area contributed by atoms with Crippen molar-refractivity contribution in [3.8, 4) is 11.5 Å². The Morgan fingerprint density at radius 1 is 1.08 bits per heavy atom. The summed E-state index contributed by atoms with van der Waals surface area (Å²) in [6, 6.07) is 11.2. The van der Waals surface area contributed by atoms with Gasteiger partial charge in [-0.1, -0.05) is 26.2 Å². The molecule has 0 aliphatic carbocycles. The number of benzene rings is 2. The van der Waals surface area contributed by atoms with Gasteiger partial charge in [-0.2, -0.15) is 0 Å². The van der Waals surface area contributed by atoms with Gasteiger partial charge in [0, 0.05) is 16.6 Å². The molecule has 0 radical (unpaired) electrons. The van der Waals surface area contributed by atoms with E-state index >= 15 is 0 Å². The molecule has 0 unspecified atom stereocenters. The number of fused-ring (bicyclic) bond motifs is 1. The van der Waals surface area contributed by atoms with E-state index in [0.717, 1.165) is 30.5 Å². The Morgan fingerprint density at radius 2 is 1.75 bits per heavy atom. The number of aromatic nitrogens is 1. The van der Waals surface area contributed by atoms with Crippen LogP contribution in [0.4, 0.5) is 0 Å². The highest BCUT2D eigenvalue weighted by molar-refractivity contribution is 7.78. The van der Waals surface area contributed by atoms with E-state index in [4.69, 9.17) is 0 Å². The minimum absolute atomic E-state index is 0.114. The summed E-state index contributed by atoms with van der Waals surface area (Å²) >= 11 is 4.56. The summed E-state index contributed by atoms with van der Waals surface area (Å²) in [5, 5.41) is 20.0. The minimum Gasteiger partial charge on any atom is -0.508 e. The van der Waals surface area contributed by atoms with Crippen LogP contribution in [-0.2, 0) is 6.42 Å². The Hall–Kier alpha value is -2.40. The second-order valence-corrected chi connectivity index (χ2v) is 6.21. The van der Waals surface area contributed by atoms with E-state index in [-0.39, 0.29) is 17.3 Å². The summed E-state index contributed by atoms with van der Waals surface area (Å²) in [5.74, 6) is 0.0970. The molecule has 2 aromatic carbocycles. The summed E-state index contributed by atoms with van der Waals surface area (Å²) in [5.41, 5.74) is 2.70. The van der Waals surface area contributed by atoms with Gasteiger partial charge in [-0.3, -0.25) is 8.77 Å². The molecule has 1 heterocycles. The molecule has 3 rings (SSSR count). The maximum Gasteiger partial charge on any atom is 0.195 e. The van der Waals surface area contributed by atoms with Crippen LogP contribution < -0.4 is 0 Å². The van der Waals surface area contributed by atoms with Crippen LogP contribution in [0.25, 0.3) is 10.9 Å². The first kappa shape index (κ1) is 16.5. The molecule has 24 heavy (non-hydrogen) atoms. The van der Waals surface area contributed by atoms with E-state index < -0.39 is 0 Å². The van der Waals surface area contributed by atoms with Crippen LogP contribution in [-0.4, -0.2) is 20.0 Å². The van der Waals surface area contributed by atoms with Gasteiger partial charge >= 0.3 is 0 Å². The van der Waals surface area contributed by atoms with Crippen LogP contribution in [0, 0.1) is 0 Å². The molecule has 0 saturated carbocycles. The molecule has 0 fully saturated rings. The minimum atomic E-state index is -0.135. The molecular weight excluding hydrogens is 322 g/mol. The SMILES string of the molecule is CCCCc1c(C(=O)c2ccc(O)cc2)c2cc(O)ccc2n1S. The maximum absolute atomic E-state index is 13.1. The van der Waals surface area contributed by atoms with Crippen molar-refractivity contribution in [2.24, 2.45) is 0 Å². The topological polar surface area (TPSA) is 62.5 Å². The van der Waals surface area contributed by atoms with Crippen molar-refractivity contribution in [3.63, 3.8) is 0 Å². The van der Waals surface area contributed by atoms with E-state index in [1.807, 2.05) is 0 Å². The highest BCUT2D eigenvalue weighted by Crippen LogP contribution is 2.33. The second-order valence-electron chi connectivity index (χ2n) is 5.81. The van der Waals surface area contributed by atoms with Crippen LogP contribution in [0.5, 0.6) is 11.5 Å². The van der Waals surface area contributed by atoms with E-state index in [2.05, 4.69) is 19.7 Å². The van der Waals surface area contributed by atoms with Crippen molar-refractivity contribution < 1.29 is 15.0 Å². The third-order valence-electron chi connectivity index (χ3n) is 4.15. The number of phenolic OH excluding ortho intramolecular Hbond substituents is 2. The molecule has 1 aromatic heterocycles. The van der Waals surface area contributed by atoms with Gasteiger partial charge in [-0.15, -0.1) is 0 Å². The fraction of sp³-hybridized carbons (Fsp3) is 0.211. The maximum atomic E-state index is 13.1. The zero-order chi connectivity index (χ0) is 17.3. The number of carbonyl (C=O) groups is 1. The first-order valence-corrected chi connectivity index (χ1v) is 8.32. The standard InChI is InChI=1S/C19H19NO3S/c1-2-3-4-17-18(19(23)12-5-7-13(21)8-6-12)15-11-14(22)9-10-16(15)20(17)24/h5-11,21-22,24H,2-4H2,1H3. The fourth-order valence-corrected chi connectivity index (χ4v) is 3.28. The number of hydrogen-bond acceptors (Lipinski definition) is 4. The molecule has 0 spiro atoms. The lowest BCUT2D eigenvalue weighted by atomic mass is 9.98. The first-order chi connectivity index (χ1) is 11.5. The van der Waals surface area contributed by atoms with Gasteiger partial charge in [-0.25, -0.2) is 0 Å². The van der Waals surface area contributed by atoms with Crippen molar-refractivity contribution in [3.05, 3.63) is 59.3 Å². The van der Waals surface area contributed by atoms with Gasteiger partial charge in [0.1, 0.15) is 11.5 Å². The molecule has 0 atom stereocenters. The number of aromatic hydroxyl groups is 2. The molecule has 3 aromatic rings.